The second kappa shape index (κ2) is 8.91. The minimum absolute atomic E-state index is 0.134. The lowest BCUT2D eigenvalue weighted by atomic mass is 10.0. The third kappa shape index (κ3) is 4.89. The van der Waals surface area contributed by atoms with Gasteiger partial charge in [-0.3, -0.25) is 0 Å². The van der Waals surface area contributed by atoms with Gasteiger partial charge in [-0.15, -0.1) is 0 Å². The number of nitrogens with one attached hydrogen (secondary N) is 2. The number of fused-ring (bicyclic) bond motifs is 1. The summed E-state index contributed by atoms with van der Waals surface area (Å²) in [7, 11) is 4.03. The minimum atomic E-state index is -0.134. The first-order valence-corrected chi connectivity index (χ1v) is 9.64. The normalized spacial score (nSPS) is 13.7. The molecule has 0 bridgehead atoms. The highest BCUT2D eigenvalue weighted by Gasteiger charge is 2.21. The molecular formula is C19H25N3O3S. The fraction of sp³-hybridized carbons (Fsp3) is 0.421. The second-order valence-corrected chi connectivity index (χ2v) is 7.27. The Balaban J connectivity index is 1.48. The molecule has 0 radical (unpaired) electrons. The number of para-hydroxylation sites is 1. The zero-order valence-electron chi connectivity index (χ0n) is 15.2. The highest BCUT2D eigenvalue weighted by atomic mass is 32.1. The molecule has 140 valence electrons. The maximum atomic E-state index is 12.1. The third-order valence-corrected chi connectivity index (χ3v) is 5.17. The predicted molar refractivity (Wildman–Crippen MR) is 103 cm³/mol. The van der Waals surface area contributed by atoms with Crippen molar-refractivity contribution in [1.29, 1.82) is 0 Å². The first kappa shape index (κ1) is 18.5. The van der Waals surface area contributed by atoms with Crippen molar-refractivity contribution in [1.82, 2.24) is 15.5 Å². The molecule has 1 aromatic carbocycles. The summed E-state index contributed by atoms with van der Waals surface area (Å²) in [6.07, 6.45) is 1.62. The summed E-state index contributed by atoms with van der Waals surface area (Å²) in [6, 6.07) is 8.04. The van der Waals surface area contributed by atoms with Gasteiger partial charge in [0.2, 0.25) is 6.79 Å². The Bertz CT molecular complexity index is 719. The average molecular weight is 375 g/mol. The van der Waals surface area contributed by atoms with E-state index in [1.165, 1.54) is 5.56 Å². The molecule has 0 saturated carbocycles. The average Bonchev–Trinajstić information content (AvgIpc) is 3.30. The van der Waals surface area contributed by atoms with Crippen molar-refractivity contribution in [2.24, 2.45) is 0 Å². The first-order chi connectivity index (χ1) is 12.6. The van der Waals surface area contributed by atoms with E-state index in [-0.39, 0.29) is 18.9 Å². The van der Waals surface area contributed by atoms with E-state index in [1.54, 1.807) is 11.3 Å². The summed E-state index contributed by atoms with van der Waals surface area (Å²) >= 11 is 1.67. The van der Waals surface area contributed by atoms with E-state index in [2.05, 4.69) is 27.0 Å². The molecule has 6 nitrogen and oxygen atoms in total. The predicted octanol–water partition coefficient (Wildman–Crippen LogP) is 2.49. The molecule has 0 unspecified atom stereocenters. The molecule has 2 heterocycles. The smallest absolute Gasteiger partial charge is 0.314 e. The van der Waals surface area contributed by atoms with E-state index in [4.69, 9.17) is 9.47 Å². The van der Waals surface area contributed by atoms with Crippen molar-refractivity contribution in [3.05, 3.63) is 46.2 Å². The zero-order chi connectivity index (χ0) is 18.4. The van der Waals surface area contributed by atoms with Gasteiger partial charge in [-0.2, -0.15) is 11.3 Å². The molecule has 1 aliphatic heterocycles. The second-order valence-electron chi connectivity index (χ2n) is 6.49. The molecule has 1 aromatic heterocycles. The van der Waals surface area contributed by atoms with Crippen LogP contribution in [-0.2, 0) is 12.8 Å². The highest BCUT2D eigenvalue weighted by molar-refractivity contribution is 7.07. The molecule has 0 fully saturated rings. The van der Waals surface area contributed by atoms with Crippen molar-refractivity contribution in [3.8, 4) is 11.5 Å². The number of likely N-dealkylation sites (N-methyl/N-ethyl adjacent to an activating group) is 1. The van der Waals surface area contributed by atoms with E-state index in [1.807, 2.05) is 37.7 Å². The SMILES string of the molecule is CN(C)[C@H](CNC(=O)NCCc1ccsc1)Cc1cccc2c1OCO2. The molecule has 0 saturated heterocycles. The Morgan fingerprint density at radius 3 is 2.92 bits per heavy atom. The standard InChI is InChI=1S/C19H25N3O3S/c1-22(2)16(10-15-4-3-5-17-18(15)25-13-24-17)11-21-19(23)20-8-6-14-7-9-26-12-14/h3-5,7,9,12,16H,6,8,10-11,13H2,1-2H3,(H2,20,21,23)/t16-/m0/s1. The maximum Gasteiger partial charge on any atom is 0.314 e. The van der Waals surface area contributed by atoms with E-state index < -0.39 is 0 Å². The van der Waals surface area contributed by atoms with Gasteiger partial charge in [0.05, 0.1) is 0 Å². The van der Waals surface area contributed by atoms with Crippen molar-refractivity contribution >= 4 is 17.4 Å². The number of hydrogen-bond donors (Lipinski definition) is 2. The van der Waals surface area contributed by atoms with Crippen LogP contribution in [-0.4, -0.2) is 51.0 Å². The zero-order valence-corrected chi connectivity index (χ0v) is 16.0. The molecule has 7 heteroatoms. The van der Waals surface area contributed by atoms with Crippen molar-refractivity contribution in [2.75, 3.05) is 34.0 Å². The molecule has 3 rings (SSSR count). The Morgan fingerprint density at radius 1 is 1.27 bits per heavy atom. The molecule has 0 spiro atoms. The lowest BCUT2D eigenvalue weighted by molar-refractivity contribution is 0.172. The van der Waals surface area contributed by atoms with Gasteiger partial charge in [-0.25, -0.2) is 4.79 Å². The minimum Gasteiger partial charge on any atom is -0.454 e. The molecule has 1 aliphatic rings. The molecule has 2 N–H and O–H groups in total. The third-order valence-electron chi connectivity index (χ3n) is 4.44. The van der Waals surface area contributed by atoms with Crippen molar-refractivity contribution in [3.63, 3.8) is 0 Å². The lowest BCUT2D eigenvalue weighted by Gasteiger charge is -2.25. The summed E-state index contributed by atoms with van der Waals surface area (Å²) in [4.78, 5) is 14.2. The van der Waals surface area contributed by atoms with Gasteiger partial charge in [-0.05, 0) is 61.0 Å². The lowest BCUT2D eigenvalue weighted by Crippen LogP contribution is -2.45. The van der Waals surface area contributed by atoms with Crippen LogP contribution in [0.2, 0.25) is 0 Å². The number of nitrogens with zero attached hydrogens (tertiary/aromatic N) is 1. The van der Waals surface area contributed by atoms with Gasteiger partial charge in [0.15, 0.2) is 11.5 Å². The quantitative estimate of drug-likeness (QED) is 0.744. The van der Waals surface area contributed by atoms with Crippen molar-refractivity contribution < 1.29 is 14.3 Å². The van der Waals surface area contributed by atoms with Gasteiger partial charge in [-0.1, -0.05) is 12.1 Å². The van der Waals surface area contributed by atoms with Crippen LogP contribution in [0, 0.1) is 0 Å². The monoisotopic (exact) mass is 375 g/mol. The van der Waals surface area contributed by atoms with E-state index >= 15 is 0 Å². The van der Waals surface area contributed by atoms with Gasteiger partial charge < -0.3 is 25.0 Å². The number of hydrogen-bond acceptors (Lipinski definition) is 5. The van der Waals surface area contributed by atoms with E-state index in [0.717, 1.165) is 29.9 Å². The highest BCUT2D eigenvalue weighted by Crippen LogP contribution is 2.36. The number of amides is 2. The fourth-order valence-corrected chi connectivity index (χ4v) is 3.57. The molecule has 26 heavy (non-hydrogen) atoms. The van der Waals surface area contributed by atoms with E-state index in [0.29, 0.717) is 13.1 Å². The summed E-state index contributed by atoms with van der Waals surface area (Å²) in [6.45, 7) is 1.46. The topological polar surface area (TPSA) is 62.8 Å². The maximum absolute atomic E-state index is 12.1. The number of ether oxygens (including phenoxy) is 2. The van der Waals surface area contributed by atoms with Gasteiger partial charge in [0, 0.05) is 19.1 Å². The Morgan fingerprint density at radius 2 is 2.15 bits per heavy atom. The van der Waals surface area contributed by atoms with Crippen LogP contribution >= 0.6 is 11.3 Å². The van der Waals surface area contributed by atoms with E-state index in [9.17, 15) is 4.79 Å². The Kier molecular flexibility index (Phi) is 6.35. The number of carbonyl (C=O) groups is 1. The molecule has 2 amide bonds. The molecular weight excluding hydrogens is 350 g/mol. The summed E-state index contributed by atoms with van der Waals surface area (Å²) in [5.74, 6) is 1.61. The van der Waals surface area contributed by atoms with Gasteiger partial charge in [0.1, 0.15) is 0 Å². The fourth-order valence-electron chi connectivity index (χ4n) is 2.87. The van der Waals surface area contributed by atoms with Crippen LogP contribution in [0.25, 0.3) is 0 Å². The van der Waals surface area contributed by atoms with Crippen molar-refractivity contribution in [2.45, 2.75) is 18.9 Å². The Hall–Kier alpha value is -2.25. The number of carbonyl (C=O) groups excluding carboxylic acids is 1. The molecule has 2 aromatic rings. The largest absolute Gasteiger partial charge is 0.454 e. The summed E-state index contributed by atoms with van der Waals surface area (Å²) < 4.78 is 11.0. The van der Waals surface area contributed by atoms with Crippen LogP contribution in [0.5, 0.6) is 11.5 Å². The van der Waals surface area contributed by atoms with Crippen LogP contribution in [0.3, 0.4) is 0 Å². The number of thiophene rings is 1. The summed E-state index contributed by atoms with van der Waals surface area (Å²) in [5, 5.41) is 10.0. The Labute approximate surface area is 158 Å². The molecule has 1 atom stereocenters. The first-order valence-electron chi connectivity index (χ1n) is 8.70. The van der Waals surface area contributed by atoms with Crippen LogP contribution in [0.15, 0.2) is 35.0 Å². The van der Waals surface area contributed by atoms with Crippen LogP contribution in [0.4, 0.5) is 4.79 Å². The number of rotatable bonds is 8. The van der Waals surface area contributed by atoms with Crippen LogP contribution < -0.4 is 20.1 Å². The molecule has 0 aliphatic carbocycles. The summed E-state index contributed by atoms with van der Waals surface area (Å²) in [5.41, 5.74) is 2.35. The number of benzene rings is 1. The van der Waals surface area contributed by atoms with Crippen LogP contribution in [0.1, 0.15) is 11.1 Å². The van der Waals surface area contributed by atoms with Gasteiger partial charge in [0.25, 0.3) is 0 Å². The number of urea groups is 1. The van der Waals surface area contributed by atoms with Gasteiger partial charge >= 0.3 is 6.03 Å².